The first-order valence-electron chi connectivity index (χ1n) is 6.62. The molecule has 1 aromatic rings. The summed E-state index contributed by atoms with van der Waals surface area (Å²) in [5, 5.41) is 3.13. The Balaban J connectivity index is 2.00. The molecule has 3 heteroatoms. The maximum atomic E-state index is 5.86. The van der Waals surface area contributed by atoms with Crippen LogP contribution in [0.1, 0.15) is 31.9 Å². The van der Waals surface area contributed by atoms with Crippen molar-refractivity contribution in [2.75, 3.05) is 6.54 Å². The van der Waals surface area contributed by atoms with Crippen LogP contribution in [0.5, 0.6) is 0 Å². The van der Waals surface area contributed by atoms with Crippen LogP contribution in [0.15, 0.2) is 29.3 Å². The van der Waals surface area contributed by atoms with Gasteiger partial charge in [0.2, 0.25) is 0 Å². The van der Waals surface area contributed by atoms with Crippen molar-refractivity contribution in [3.05, 3.63) is 35.4 Å². The SMILES string of the molecule is CC(C)NC(N)=NCC1(C)Cc2ccccc2C1. The number of rotatable bonds is 3. The Labute approximate surface area is 109 Å². The highest BCUT2D eigenvalue weighted by molar-refractivity contribution is 5.78. The zero-order valence-corrected chi connectivity index (χ0v) is 11.5. The third-order valence-electron chi connectivity index (χ3n) is 3.42. The minimum Gasteiger partial charge on any atom is -0.370 e. The summed E-state index contributed by atoms with van der Waals surface area (Å²) in [4.78, 5) is 4.48. The van der Waals surface area contributed by atoms with Crippen LogP contribution in [0.3, 0.4) is 0 Å². The molecule has 0 saturated heterocycles. The van der Waals surface area contributed by atoms with E-state index in [9.17, 15) is 0 Å². The molecular weight excluding hydrogens is 222 g/mol. The van der Waals surface area contributed by atoms with Crippen molar-refractivity contribution in [1.82, 2.24) is 5.32 Å². The van der Waals surface area contributed by atoms with Crippen LogP contribution in [0.2, 0.25) is 0 Å². The van der Waals surface area contributed by atoms with Gasteiger partial charge in [-0.2, -0.15) is 0 Å². The van der Waals surface area contributed by atoms with Crippen LogP contribution >= 0.6 is 0 Å². The summed E-state index contributed by atoms with van der Waals surface area (Å²) in [7, 11) is 0. The van der Waals surface area contributed by atoms with Gasteiger partial charge in [0, 0.05) is 12.6 Å². The zero-order chi connectivity index (χ0) is 13.2. The molecule has 0 spiro atoms. The van der Waals surface area contributed by atoms with E-state index < -0.39 is 0 Å². The molecule has 0 saturated carbocycles. The van der Waals surface area contributed by atoms with Crippen molar-refractivity contribution in [3.63, 3.8) is 0 Å². The van der Waals surface area contributed by atoms with Crippen molar-refractivity contribution in [1.29, 1.82) is 0 Å². The number of aliphatic imine (C=N–C) groups is 1. The van der Waals surface area contributed by atoms with Gasteiger partial charge in [-0.15, -0.1) is 0 Å². The second-order valence-corrected chi connectivity index (χ2v) is 5.93. The van der Waals surface area contributed by atoms with E-state index in [0.29, 0.717) is 12.0 Å². The highest BCUT2D eigenvalue weighted by Gasteiger charge is 2.32. The predicted octanol–water partition coefficient (Wildman–Crippen LogP) is 2.10. The average Bonchev–Trinajstić information content (AvgIpc) is 2.62. The zero-order valence-electron chi connectivity index (χ0n) is 11.5. The average molecular weight is 245 g/mol. The second kappa shape index (κ2) is 5.01. The number of guanidine groups is 1. The van der Waals surface area contributed by atoms with E-state index in [0.717, 1.165) is 19.4 Å². The van der Waals surface area contributed by atoms with E-state index in [2.05, 4.69) is 55.3 Å². The molecule has 1 aliphatic carbocycles. The molecule has 1 aromatic carbocycles. The van der Waals surface area contributed by atoms with Gasteiger partial charge in [0.25, 0.3) is 0 Å². The van der Waals surface area contributed by atoms with E-state index in [-0.39, 0.29) is 5.41 Å². The highest BCUT2D eigenvalue weighted by Crippen LogP contribution is 2.36. The molecule has 3 N–H and O–H groups in total. The van der Waals surface area contributed by atoms with Gasteiger partial charge in [0.05, 0.1) is 0 Å². The lowest BCUT2D eigenvalue weighted by Crippen LogP contribution is -2.37. The summed E-state index contributed by atoms with van der Waals surface area (Å²) in [5.74, 6) is 0.558. The third-order valence-corrected chi connectivity index (χ3v) is 3.42. The largest absolute Gasteiger partial charge is 0.370 e. The Hall–Kier alpha value is -1.51. The molecule has 0 aliphatic heterocycles. The Morgan fingerprint density at radius 2 is 1.89 bits per heavy atom. The normalized spacial score (nSPS) is 17.9. The quantitative estimate of drug-likeness (QED) is 0.633. The smallest absolute Gasteiger partial charge is 0.188 e. The Morgan fingerprint density at radius 3 is 2.39 bits per heavy atom. The lowest BCUT2D eigenvalue weighted by Gasteiger charge is -2.21. The molecule has 0 fully saturated rings. The molecule has 2 rings (SSSR count). The fraction of sp³-hybridized carbons (Fsp3) is 0.533. The van der Waals surface area contributed by atoms with Gasteiger partial charge in [0.1, 0.15) is 0 Å². The topological polar surface area (TPSA) is 50.4 Å². The molecule has 18 heavy (non-hydrogen) atoms. The lowest BCUT2D eigenvalue weighted by molar-refractivity contribution is 0.360. The van der Waals surface area contributed by atoms with Gasteiger partial charge in [0.15, 0.2) is 5.96 Å². The third kappa shape index (κ3) is 3.03. The van der Waals surface area contributed by atoms with Crippen LogP contribution < -0.4 is 11.1 Å². The Bertz CT molecular complexity index is 424. The van der Waals surface area contributed by atoms with Crippen LogP contribution in [-0.4, -0.2) is 18.5 Å². The first kappa shape index (κ1) is 12.9. The monoisotopic (exact) mass is 245 g/mol. The highest BCUT2D eigenvalue weighted by atomic mass is 15.1. The standard InChI is InChI=1S/C15H23N3/c1-11(2)18-14(16)17-10-15(3)8-12-6-4-5-7-13(12)9-15/h4-7,11H,8-10H2,1-3H3,(H3,16,17,18). The number of nitrogens with two attached hydrogens (primary N) is 1. The van der Waals surface area contributed by atoms with Gasteiger partial charge < -0.3 is 11.1 Å². The molecule has 0 atom stereocenters. The van der Waals surface area contributed by atoms with Gasteiger partial charge >= 0.3 is 0 Å². The summed E-state index contributed by atoms with van der Waals surface area (Å²) in [6.45, 7) is 7.21. The molecule has 1 aliphatic rings. The summed E-state index contributed by atoms with van der Waals surface area (Å²) in [6, 6.07) is 9.01. The van der Waals surface area contributed by atoms with Crippen LogP contribution in [0.25, 0.3) is 0 Å². The molecule has 98 valence electrons. The fourth-order valence-electron chi connectivity index (χ4n) is 2.61. The minimum atomic E-state index is 0.215. The molecule has 0 radical (unpaired) electrons. The van der Waals surface area contributed by atoms with E-state index in [1.54, 1.807) is 0 Å². The summed E-state index contributed by atoms with van der Waals surface area (Å²) in [6.07, 6.45) is 2.20. The van der Waals surface area contributed by atoms with E-state index >= 15 is 0 Å². The fourth-order valence-corrected chi connectivity index (χ4v) is 2.61. The maximum Gasteiger partial charge on any atom is 0.188 e. The number of nitrogens with zero attached hydrogens (tertiary/aromatic N) is 1. The molecule has 0 bridgehead atoms. The van der Waals surface area contributed by atoms with Crippen molar-refractivity contribution >= 4 is 5.96 Å². The number of hydrogen-bond acceptors (Lipinski definition) is 1. The number of hydrogen-bond donors (Lipinski definition) is 2. The van der Waals surface area contributed by atoms with Crippen molar-refractivity contribution in [2.45, 2.75) is 39.7 Å². The van der Waals surface area contributed by atoms with Gasteiger partial charge in [-0.25, -0.2) is 0 Å². The van der Waals surface area contributed by atoms with Crippen molar-refractivity contribution in [2.24, 2.45) is 16.1 Å². The van der Waals surface area contributed by atoms with Gasteiger partial charge in [-0.05, 0) is 43.2 Å². The molecule has 3 nitrogen and oxygen atoms in total. The van der Waals surface area contributed by atoms with Crippen molar-refractivity contribution < 1.29 is 0 Å². The van der Waals surface area contributed by atoms with Gasteiger partial charge in [-0.3, -0.25) is 4.99 Å². The number of fused-ring (bicyclic) bond motifs is 1. The summed E-state index contributed by atoms with van der Waals surface area (Å²) >= 11 is 0. The molecule has 0 heterocycles. The van der Waals surface area contributed by atoms with Gasteiger partial charge in [-0.1, -0.05) is 31.2 Å². The van der Waals surface area contributed by atoms with E-state index in [1.165, 1.54) is 11.1 Å². The molecular formula is C15H23N3. The molecule has 0 unspecified atom stereocenters. The first-order chi connectivity index (χ1) is 8.48. The number of nitrogens with one attached hydrogen (secondary N) is 1. The van der Waals surface area contributed by atoms with Crippen molar-refractivity contribution in [3.8, 4) is 0 Å². The summed E-state index contributed by atoms with van der Waals surface area (Å²) in [5.41, 5.74) is 9.00. The minimum absolute atomic E-state index is 0.215. The lowest BCUT2D eigenvalue weighted by atomic mass is 9.87. The van der Waals surface area contributed by atoms with Crippen LogP contribution in [-0.2, 0) is 12.8 Å². The van der Waals surface area contributed by atoms with Crippen LogP contribution in [0.4, 0.5) is 0 Å². The van der Waals surface area contributed by atoms with E-state index in [4.69, 9.17) is 5.73 Å². The summed E-state index contributed by atoms with van der Waals surface area (Å²) < 4.78 is 0. The predicted molar refractivity (Wildman–Crippen MR) is 76.7 cm³/mol. The number of benzene rings is 1. The Morgan fingerprint density at radius 1 is 1.33 bits per heavy atom. The molecule has 0 aromatic heterocycles. The maximum absolute atomic E-state index is 5.86. The van der Waals surface area contributed by atoms with Crippen LogP contribution in [0, 0.1) is 5.41 Å². The molecule has 0 amide bonds. The van der Waals surface area contributed by atoms with E-state index in [1.807, 2.05) is 0 Å². The first-order valence-corrected chi connectivity index (χ1v) is 6.62. The Kier molecular flexibility index (Phi) is 3.60. The second-order valence-electron chi connectivity index (χ2n) is 5.93.